The van der Waals surface area contributed by atoms with Gasteiger partial charge in [-0.3, -0.25) is 14.5 Å². The van der Waals surface area contributed by atoms with Gasteiger partial charge in [-0.15, -0.1) is 0 Å². The number of nitrogens with one attached hydrogen (secondary N) is 1. The van der Waals surface area contributed by atoms with Gasteiger partial charge in [0.25, 0.3) is 0 Å². The molecule has 0 bridgehead atoms. The smallest absolute Gasteiger partial charge is 0.220 e. The van der Waals surface area contributed by atoms with Crippen LogP contribution >= 0.6 is 0 Å². The van der Waals surface area contributed by atoms with E-state index in [1.807, 2.05) is 24.5 Å². The second-order valence-corrected chi connectivity index (χ2v) is 8.15. The first kappa shape index (κ1) is 17.6. The molecule has 2 aromatic heterocycles. The third kappa shape index (κ3) is 4.68. The van der Waals surface area contributed by atoms with E-state index in [0.29, 0.717) is 19.0 Å². The average Bonchev–Trinajstić information content (AvgIpc) is 3.21. The van der Waals surface area contributed by atoms with Crippen LogP contribution in [0.25, 0.3) is 11.3 Å². The molecule has 2 aromatic rings. The lowest BCUT2D eigenvalue weighted by molar-refractivity contribution is -0.123. The van der Waals surface area contributed by atoms with E-state index in [2.05, 4.69) is 41.8 Å². The van der Waals surface area contributed by atoms with E-state index in [4.69, 9.17) is 5.10 Å². The Morgan fingerprint density at radius 1 is 1.24 bits per heavy atom. The molecule has 0 radical (unpaired) electrons. The first-order valence-electron chi connectivity index (χ1n) is 9.18. The molecule has 25 heavy (non-hydrogen) atoms. The fourth-order valence-corrected chi connectivity index (χ4v) is 3.43. The minimum atomic E-state index is -0.00447. The summed E-state index contributed by atoms with van der Waals surface area (Å²) < 4.78 is 2.16. The van der Waals surface area contributed by atoms with Crippen molar-refractivity contribution in [3.63, 3.8) is 0 Å². The molecule has 1 N–H and O–H groups in total. The van der Waals surface area contributed by atoms with Crippen molar-refractivity contribution in [2.24, 2.45) is 5.41 Å². The average molecular weight is 340 g/mol. The molecule has 134 valence electrons. The van der Waals surface area contributed by atoms with Crippen LogP contribution in [0, 0.1) is 5.41 Å². The summed E-state index contributed by atoms with van der Waals surface area (Å²) in [5.41, 5.74) is 3.16. The normalized spacial score (nSPS) is 15.5. The maximum Gasteiger partial charge on any atom is 0.220 e. The Hall–Kier alpha value is -2.17. The van der Waals surface area contributed by atoms with Gasteiger partial charge >= 0.3 is 0 Å². The summed E-state index contributed by atoms with van der Waals surface area (Å²) in [5, 5.41) is 7.83. The van der Waals surface area contributed by atoms with E-state index in [1.165, 1.54) is 25.7 Å². The summed E-state index contributed by atoms with van der Waals surface area (Å²) in [6, 6.07) is 6.60. The van der Waals surface area contributed by atoms with Crippen LogP contribution in [0.3, 0.4) is 0 Å². The number of aromatic nitrogens is 3. The van der Waals surface area contributed by atoms with Crippen molar-refractivity contribution in [2.75, 3.05) is 0 Å². The standard InChI is InChI=1S/C20H28N4O/c1-20(2,3)13-19(25)22-14-16-12-18(15-8-10-21-11-9-15)24(23-16)17-6-4-5-7-17/h8-12,17H,4-7,13-14H2,1-3H3,(H,22,25). The molecule has 1 aliphatic carbocycles. The molecule has 1 aliphatic rings. The predicted molar refractivity (Wildman–Crippen MR) is 98.9 cm³/mol. The highest BCUT2D eigenvalue weighted by Gasteiger charge is 2.22. The fourth-order valence-electron chi connectivity index (χ4n) is 3.43. The minimum Gasteiger partial charge on any atom is -0.350 e. The molecule has 0 spiro atoms. The van der Waals surface area contributed by atoms with Gasteiger partial charge in [0.15, 0.2) is 0 Å². The topological polar surface area (TPSA) is 59.8 Å². The summed E-state index contributed by atoms with van der Waals surface area (Å²) in [6.45, 7) is 6.70. The molecule has 1 fully saturated rings. The molecule has 3 rings (SSSR count). The lowest BCUT2D eigenvalue weighted by atomic mass is 9.92. The van der Waals surface area contributed by atoms with Gasteiger partial charge in [0.05, 0.1) is 24.0 Å². The van der Waals surface area contributed by atoms with Gasteiger partial charge in [0.2, 0.25) is 5.91 Å². The lowest BCUT2D eigenvalue weighted by Gasteiger charge is -2.17. The van der Waals surface area contributed by atoms with Crippen molar-refractivity contribution in [3.8, 4) is 11.3 Å². The quantitative estimate of drug-likeness (QED) is 0.891. The predicted octanol–water partition coefficient (Wildman–Crippen LogP) is 4.11. The van der Waals surface area contributed by atoms with Gasteiger partial charge in [-0.25, -0.2) is 0 Å². The molecule has 2 heterocycles. The molecule has 1 amide bonds. The summed E-state index contributed by atoms with van der Waals surface area (Å²) in [7, 11) is 0. The summed E-state index contributed by atoms with van der Waals surface area (Å²) in [4.78, 5) is 16.2. The highest BCUT2D eigenvalue weighted by atomic mass is 16.1. The fraction of sp³-hybridized carbons (Fsp3) is 0.550. The van der Waals surface area contributed by atoms with Crippen molar-refractivity contribution in [1.29, 1.82) is 0 Å². The van der Waals surface area contributed by atoms with Crippen LogP contribution in [-0.4, -0.2) is 20.7 Å². The van der Waals surface area contributed by atoms with E-state index in [0.717, 1.165) is 17.0 Å². The summed E-state index contributed by atoms with van der Waals surface area (Å²) in [5.74, 6) is 0.0772. The Morgan fingerprint density at radius 2 is 1.92 bits per heavy atom. The molecule has 5 nitrogen and oxygen atoms in total. The van der Waals surface area contributed by atoms with Crippen molar-refractivity contribution in [1.82, 2.24) is 20.1 Å². The van der Waals surface area contributed by atoms with E-state index in [1.54, 1.807) is 0 Å². The Labute approximate surface area is 149 Å². The summed E-state index contributed by atoms with van der Waals surface area (Å²) >= 11 is 0. The number of pyridine rings is 1. The molecule has 0 aromatic carbocycles. The highest BCUT2D eigenvalue weighted by Crippen LogP contribution is 2.33. The number of amides is 1. The first-order chi connectivity index (χ1) is 11.9. The number of rotatable bonds is 5. The maximum absolute atomic E-state index is 12.1. The largest absolute Gasteiger partial charge is 0.350 e. The number of hydrogen-bond donors (Lipinski definition) is 1. The van der Waals surface area contributed by atoms with Crippen LogP contribution in [0.4, 0.5) is 0 Å². The van der Waals surface area contributed by atoms with E-state index in [-0.39, 0.29) is 11.3 Å². The Bertz CT molecular complexity index is 709. The zero-order chi connectivity index (χ0) is 17.9. The molecule has 0 unspecified atom stereocenters. The summed E-state index contributed by atoms with van der Waals surface area (Å²) in [6.07, 6.45) is 9.02. The Balaban J connectivity index is 1.78. The molecule has 0 aliphatic heterocycles. The van der Waals surface area contributed by atoms with Crippen molar-refractivity contribution >= 4 is 5.91 Å². The Kier molecular flexibility index (Phi) is 5.21. The first-order valence-corrected chi connectivity index (χ1v) is 9.18. The van der Waals surface area contributed by atoms with Gasteiger partial charge in [0, 0.05) is 24.4 Å². The van der Waals surface area contributed by atoms with Gasteiger partial charge in [-0.1, -0.05) is 33.6 Å². The maximum atomic E-state index is 12.1. The molecule has 0 atom stereocenters. The van der Waals surface area contributed by atoms with Crippen LogP contribution < -0.4 is 5.32 Å². The minimum absolute atomic E-state index is 0.00447. The number of hydrogen-bond acceptors (Lipinski definition) is 3. The molecular formula is C20H28N4O. The van der Waals surface area contributed by atoms with Crippen LogP contribution in [0.2, 0.25) is 0 Å². The van der Waals surface area contributed by atoms with Gasteiger partial charge in [0.1, 0.15) is 0 Å². The number of nitrogens with zero attached hydrogens (tertiary/aromatic N) is 3. The Morgan fingerprint density at radius 3 is 2.56 bits per heavy atom. The van der Waals surface area contributed by atoms with Crippen molar-refractivity contribution < 1.29 is 4.79 Å². The van der Waals surface area contributed by atoms with Gasteiger partial charge in [-0.05, 0) is 36.5 Å². The monoisotopic (exact) mass is 340 g/mol. The zero-order valence-corrected chi connectivity index (χ0v) is 15.5. The number of carbonyl (C=O) groups excluding carboxylic acids is 1. The third-order valence-corrected chi connectivity index (χ3v) is 4.59. The lowest BCUT2D eigenvalue weighted by Crippen LogP contribution is -2.27. The van der Waals surface area contributed by atoms with Crippen LogP contribution in [-0.2, 0) is 11.3 Å². The van der Waals surface area contributed by atoms with E-state index in [9.17, 15) is 4.79 Å². The molecule has 5 heteroatoms. The van der Waals surface area contributed by atoms with Crippen LogP contribution in [0.5, 0.6) is 0 Å². The van der Waals surface area contributed by atoms with Crippen LogP contribution in [0.1, 0.15) is 64.6 Å². The zero-order valence-electron chi connectivity index (χ0n) is 15.5. The molecule has 1 saturated carbocycles. The third-order valence-electron chi connectivity index (χ3n) is 4.59. The number of carbonyl (C=O) groups is 1. The van der Waals surface area contributed by atoms with Gasteiger partial charge < -0.3 is 5.32 Å². The van der Waals surface area contributed by atoms with E-state index < -0.39 is 0 Å². The van der Waals surface area contributed by atoms with Crippen LogP contribution in [0.15, 0.2) is 30.6 Å². The molecule has 0 saturated heterocycles. The molecular weight excluding hydrogens is 312 g/mol. The second kappa shape index (κ2) is 7.38. The highest BCUT2D eigenvalue weighted by molar-refractivity contribution is 5.76. The SMILES string of the molecule is CC(C)(C)CC(=O)NCc1cc(-c2ccncc2)n(C2CCCC2)n1. The second-order valence-electron chi connectivity index (χ2n) is 8.15. The van der Waals surface area contributed by atoms with Gasteiger partial charge in [-0.2, -0.15) is 5.10 Å². The van der Waals surface area contributed by atoms with Crippen molar-refractivity contribution in [3.05, 3.63) is 36.3 Å². The van der Waals surface area contributed by atoms with Crippen molar-refractivity contribution in [2.45, 2.75) is 65.5 Å². The van der Waals surface area contributed by atoms with E-state index >= 15 is 0 Å².